The summed E-state index contributed by atoms with van der Waals surface area (Å²) in [4.78, 5) is 56.2. The molecule has 4 aromatic carbocycles. The van der Waals surface area contributed by atoms with E-state index in [2.05, 4.69) is 52.9 Å². The van der Waals surface area contributed by atoms with Gasteiger partial charge in [0.25, 0.3) is 5.91 Å². The molecule has 3 aliphatic rings. The van der Waals surface area contributed by atoms with Crippen LogP contribution in [-0.4, -0.2) is 121 Å². The zero-order chi connectivity index (χ0) is 54.4. The summed E-state index contributed by atoms with van der Waals surface area (Å²) in [6.45, 7) is 3.73. The fourth-order valence-electron chi connectivity index (χ4n) is 10.6. The predicted molar refractivity (Wildman–Crippen MR) is 291 cm³/mol. The Hall–Kier alpha value is -6.72. The van der Waals surface area contributed by atoms with Gasteiger partial charge in [0.15, 0.2) is 18.0 Å². The number of aromatic amines is 1. The molecule has 77 heavy (non-hydrogen) atoms. The maximum Gasteiger partial charge on any atom is 0.335 e. The number of nitrogens with one attached hydrogen (secondary N) is 3. The van der Waals surface area contributed by atoms with Crippen molar-refractivity contribution in [2.75, 3.05) is 31.3 Å². The average molecular weight is 1090 g/mol. The lowest BCUT2D eigenvalue weighted by Gasteiger charge is -2.55. The van der Waals surface area contributed by atoms with Gasteiger partial charge in [-0.2, -0.15) is 0 Å². The summed E-state index contributed by atoms with van der Waals surface area (Å²) in [5.74, 6) is -3.66. The number of carbonyl (C=O) groups is 3. The van der Waals surface area contributed by atoms with E-state index in [1.54, 1.807) is 12.1 Å². The Labute approximate surface area is 450 Å². The van der Waals surface area contributed by atoms with Gasteiger partial charge in [0, 0.05) is 36.7 Å². The van der Waals surface area contributed by atoms with Crippen molar-refractivity contribution < 1.29 is 63.7 Å². The SMILES string of the molecule is C[C@H](C/C=C1\C=C[C@H](CCNCCc2ccc(O)cc2)c2ccccc21)[C@@H]1CN[C@H](O)[C@]2(O)[C@H](Oc3ccc4c(=O)c(-c5ccc(O)cc5)c(C(N)=O)oc4c3)O[C@H](C(=O)O)[C@@H](O)[C@]2(C=O)OCSSC[C@@H]1c1cc[nH]c1. The molecule has 2 aliphatic heterocycles. The second kappa shape index (κ2) is 23.9. The number of aliphatic carboxylic acids is 1. The van der Waals surface area contributed by atoms with E-state index < -0.39 is 59.0 Å². The standard InChI is InChI=1S/C57H60N4O14S2/c1-32(6-9-34-10-11-35(42-5-3-2-4-41(34)42)21-24-59-23-20-33-7-14-38(63)15-8-33)44-28-61-54(70)57(71)55(75-50(53(68)69)51(66)56(57,30-62)72-31-77-76-29-45(44)37-22-25-60-27-37)73-40-18-19-43-46(26-40)74-49(52(58)67)47(48(43)65)36-12-16-39(64)17-13-36/h2-5,7-19,22,25-27,30,32,35,44-45,50-51,54-55,59-61,63-64,66,70-71H,6,20-21,23-24,28-29,31H2,1H3,(H2,58,67)(H,68,69)/b34-9+/t32-,35-,44+,45-,50+,51-,54-,55-,56+,57+/m1/s1. The first-order valence-electron chi connectivity index (χ1n) is 25.1. The van der Waals surface area contributed by atoms with Crippen LogP contribution in [0.4, 0.5) is 0 Å². The number of phenolic OH excluding ortho intramolecular Hbond substituents is 2. The van der Waals surface area contributed by atoms with Gasteiger partial charge in [-0.3, -0.25) is 19.7 Å². The van der Waals surface area contributed by atoms with Crippen molar-refractivity contribution in [1.29, 1.82) is 0 Å². The number of aliphatic hydroxyl groups excluding tert-OH is 2. The molecule has 0 unspecified atom stereocenters. The second-order valence-electron chi connectivity index (χ2n) is 19.5. The number of H-pyrrole nitrogens is 1. The van der Waals surface area contributed by atoms with Gasteiger partial charge >= 0.3 is 5.97 Å². The number of hydrogen-bond acceptors (Lipinski definition) is 17. The number of phenols is 2. The highest BCUT2D eigenvalue weighted by Gasteiger charge is 2.72. The van der Waals surface area contributed by atoms with E-state index >= 15 is 0 Å². The van der Waals surface area contributed by atoms with Crippen molar-refractivity contribution in [3.05, 3.63) is 166 Å². The number of aldehydes is 1. The minimum atomic E-state index is -3.11. The first-order chi connectivity index (χ1) is 37.1. The van der Waals surface area contributed by atoms with Crippen molar-refractivity contribution in [1.82, 2.24) is 15.6 Å². The maximum atomic E-state index is 13.9. The van der Waals surface area contributed by atoms with Crippen molar-refractivity contribution in [3.63, 3.8) is 0 Å². The second-order valence-corrected chi connectivity index (χ2v) is 22.0. The molecule has 1 aliphatic carbocycles. The van der Waals surface area contributed by atoms with Crippen molar-refractivity contribution >= 4 is 56.3 Å². The van der Waals surface area contributed by atoms with Crippen LogP contribution in [0.5, 0.6) is 17.2 Å². The van der Waals surface area contributed by atoms with Gasteiger partial charge in [0.1, 0.15) is 41.1 Å². The number of hydrogen-bond donors (Lipinski definition) is 10. The van der Waals surface area contributed by atoms with Crippen LogP contribution in [0.25, 0.3) is 27.7 Å². The molecular formula is C57H60N4O14S2. The zero-order valence-electron chi connectivity index (χ0n) is 41.8. The van der Waals surface area contributed by atoms with Crippen LogP contribution in [0.3, 0.4) is 0 Å². The summed E-state index contributed by atoms with van der Waals surface area (Å²) in [6, 6.07) is 26.7. The van der Waals surface area contributed by atoms with Crippen LogP contribution in [0.2, 0.25) is 0 Å². The number of ether oxygens (including phenoxy) is 3. The molecule has 0 spiro atoms. The molecule has 2 aromatic heterocycles. The minimum absolute atomic E-state index is 0.00361. The van der Waals surface area contributed by atoms with E-state index in [0.29, 0.717) is 12.2 Å². The number of aromatic hydroxyl groups is 2. The van der Waals surface area contributed by atoms with Crippen LogP contribution in [-0.2, 0) is 25.5 Å². The van der Waals surface area contributed by atoms with Gasteiger partial charge in [0.05, 0.1) is 10.9 Å². The monoisotopic (exact) mass is 1090 g/mol. The summed E-state index contributed by atoms with van der Waals surface area (Å²) >= 11 is 0. The number of aromatic nitrogens is 1. The molecular weight excluding hydrogens is 1030 g/mol. The van der Waals surface area contributed by atoms with Gasteiger partial charge in [-0.25, -0.2) is 4.79 Å². The van der Waals surface area contributed by atoms with E-state index in [4.69, 9.17) is 24.4 Å². The fraction of sp³-hybridized carbons (Fsp3) is 0.333. The third kappa shape index (κ3) is 11.3. The summed E-state index contributed by atoms with van der Waals surface area (Å²) in [5, 5.41) is 73.6. The molecule has 1 amide bonds. The molecule has 404 valence electrons. The molecule has 4 heterocycles. The number of nitrogens with two attached hydrogens (primary N) is 1. The number of primary amides is 1. The van der Waals surface area contributed by atoms with Crippen molar-refractivity contribution in [3.8, 4) is 28.4 Å². The van der Waals surface area contributed by atoms with Crippen LogP contribution in [0.1, 0.15) is 64.4 Å². The minimum Gasteiger partial charge on any atom is -0.508 e. The van der Waals surface area contributed by atoms with Crippen LogP contribution in [0.15, 0.2) is 137 Å². The Kier molecular flexibility index (Phi) is 17.1. The predicted octanol–water partition coefficient (Wildman–Crippen LogP) is 6.18. The number of aliphatic hydroxyl groups is 3. The molecule has 6 aromatic rings. The van der Waals surface area contributed by atoms with Gasteiger partial charge in [0.2, 0.25) is 23.1 Å². The lowest BCUT2D eigenvalue weighted by atomic mass is 9.72. The van der Waals surface area contributed by atoms with E-state index in [1.807, 2.05) is 42.7 Å². The Morgan fingerprint density at radius 2 is 1.74 bits per heavy atom. The van der Waals surface area contributed by atoms with E-state index in [-0.39, 0.29) is 81.8 Å². The number of amides is 1. The summed E-state index contributed by atoms with van der Waals surface area (Å²) in [6.07, 6.45) is 3.56. The maximum absolute atomic E-state index is 13.9. The highest BCUT2D eigenvalue weighted by molar-refractivity contribution is 8.76. The number of benzene rings is 4. The molecule has 0 saturated carbocycles. The highest BCUT2D eigenvalue weighted by atomic mass is 33.1. The van der Waals surface area contributed by atoms with Gasteiger partial charge in [-0.1, -0.05) is 95.3 Å². The largest absolute Gasteiger partial charge is 0.508 e. The smallest absolute Gasteiger partial charge is 0.335 e. The normalized spacial score (nSPS) is 26.6. The Morgan fingerprint density at radius 1 is 0.987 bits per heavy atom. The van der Waals surface area contributed by atoms with Crippen molar-refractivity contribution in [2.24, 2.45) is 17.6 Å². The molecule has 11 N–H and O–H groups in total. The Balaban J connectivity index is 0.997. The fourth-order valence-corrected chi connectivity index (χ4v) is 12.7. The zero-order valence-corrected chi connectivity index (χ0v) is 43.5. The molecule has 0 bridgehead atoms. The van der Waals surface area contributed by atoms with Gasteiger partial charge in [-0.05, 0) is 126 Å². The summed E-state index contributed by atoms with van der Waals surface area (Å²) in [7, 11) is 2.57. The third-order valence-electron chi connectivity index (χ3n) is 14.9. The molecule has 2 fully saturated rings. The molecule has 0 radical (unpaired) electrons. The van der Waals surface area contributed by atoms with E-state index in [0.717, 1.165) is 65.1 Å². The molecule has 10 atom stereocenters. The first kappa shape index (κ1) is 55.0. The number of carboxylic acids is 1. The summed E-state index contributed by atoms with van der Waals surface area (Å²) < 4.78 is 23.9. The molecule has 2 saturated heterocycles. The van der Waals surface area contributed by atoms with Crippen molar-refractivity contribution in [2.45, 2.75) is 73.9 Å². The van der Waals surface area contributed by atoms with Gasteiger partial charge < -0.3 is 65.3 Å². The van der Waals surface area contributed by atoms with E-state index in [9.17, 15) is 49.8 Å². The molecule has 18 nitrogen and oxygen atoms in total. The van der Waals surface area contributed by atoms with E-state index in [1.165, 1.54) is 52.8 Å². The van der Waals surface area contributed by atoms with Crippen LogP contribution < -0.4 is 26.5 Å². The Bertz CT molecular complexity index is 3190. The number of rotatable bonds is 16. The third-order valence-corrected chi connectivity index (χ3v) is 16.9. The lowest BCUT2D eigenvalue weighted by molar-refractivity contribution is -0.364. The molecule has 20 heteroatoms. The average Bonchev–Trinajstić information content (AvgIpc) is 4.02. The van der Waals surface area contributed by atoms with Crippen LogP contribution >= 0.6 is 21.6 Å². The molecule has 9 rings (SSSR count). The first-order valence-corrected chi connectivity index (χ1v) is 27.6. The Morgan fingerprint density at radius 3 is 2.45 bits per heavy atom. The lowest BCUT2D eigenvalue weighted by Crippen LogP contribution is -2.82. The number of fused-ring (bicyclic) bond motifs is 3. The number of carbonyl (C=O) groups excluding carboxylic acids is 2. The van der Waals surface area contributed by atoms with Gasteiger partial charge in [-0.15, -0.1) is 0 Å². The highest BCUT2D eigenvalue weighted by Crippen LogP contribution is 2.46. The number of allylic oxidation sites excluding steroid dienone is 4. The topological polar surface area (TPSA) is 296 Å². The quantitative estimate of drug-likeness (QED) is 0.0294. The van der Waals surface area contributed by atoms with Crippen LogP contribution in [0, 0.1) is 11.8 Å². The summed E-state index contributed by atoms with van der Waals surface area (Å²) in [5.41, 5.74) is 4.35. The number of carboxylic acid groups (broad SMARTS) is 1.